The minimum atomic E-state index is 0.537. The summed E-state index contributed by atoms with van der Waals surface area (Å²) >= 11 is 5.86. The van der Waals surface area contributed by atoms with Crippen LogP contribution in [0.3, 0.4) is 0 Å². The summed E-state index contributed by atoms with van der Waals surface area (Å²) in [5.74, 6) is 0.537. The van der Waals surface area contributed by atoms with Crippen molar-refractivity contribution in [2.24, 2.45) is 0 Å². The van der Waals surface area contributed by atoms with Gasteiger partial charge in [0.05, 0.1) is 11.9 Å². The number of hydrogen-bond acceptors (Lipinski definition) is 1. The summed E-state index contributed by atoms with van der Waals surface area (Å²) in [7, 11) is 0. The molecule has 0 unspecified atom stereocenters. The van der Waals surface area contributed by atoms with Gasteiger partial charge in [0.2, 0.25) is 0 Å². The molecule has 2 nitrogen and oxygen atoms in total. The van der Waals surface area contributed by atoms with Crippen LogP contribution in [0.2, 0.25) is 0 Å². The van der Waals surface area contributed by atoms with Gasteiger partial charge in [0, 0.05) is 17.6 Å². The van der Waals surface area contributed by atoms with Crippen LogP contribution in [0.1, 0.15) is 11.1 Å². The molecule has 3 rings (SSSR count). The van der Waals surface area contributed by atoms with E-state index in [-0.39, 0.29) is 0 Å². The number of aromatic nitrogens is 2. The average molecular weight is 283 g/mol. The molecule has 1 aromatic heterocycles. The van der Waals surface area contributed by atoms with Gasteiger partial charge in [-0.3, -0.25) is 0 Å². The molecule has 0 radical (unpaired) electrons. The van der Waals surface area contributed by atoms with Gasteiger partial charge in [-0.1, -0.05) is 42.5 Å². The minimum absolute atomic E-state index is 0.537. The molecular formula is C17H15ClN2. The Hall–Kier alpha value is -2.06. The maximum Gasteiger partial charge on any atom is 0.0675 e. The van der Waals surface area contributed by atoms with Crippen molar-refractivity contribution in [2.45, 2.75) is 12.8 Å². The summed E-state index contributed by atoms with van der Waals surface area (Å²) in [4.78, 5) is 0. The Labute approximate surface area is 123 Å². The van der Waals surface area contributed by atoms with E-state index in [4.69, 9.17) is 11.6 Å². The highest BCUT2D eigenvalue weighted by Crippen LogP contribution is 2.22. The van der Waals surface area contributed by atoms with Crippen LogP contribution in [0.5, 0.6) is 0 Å². The molecule has 3 aromatic rings. The summed E-state index contributed by atoms with van der Waals surface area (Å²) < 4.78 is 1.91. The molecular weight excluding hydrogens is 268 g/mol. The Balaban J connectivity index is 1.98. The van der Waals surface area contributed by atoms with Crippen LogP contribution < -0.4 is 0 Å². The Bertz CT molecular complexity index is 717. The summed E-state index contributed by atoms with van der Waals surface area (Å²) in [5, 5.41) is 4.46. The van der Waals surface area contributed by atoms with Crippen LogP contribution in [-0.2, 0) is 5.88 Å². The quantitative estimate of drug-likeness (QED) is 0.643. The molecule has 0 atom stereocenters. The smallest absolute Gasteiger partial charge is 0.0675 e. The van der Waals surface area contributed by atoms with Gasteiger partial charge in [-0.05, 0) is 29.7 Å². The molecule has 20 heavy (non-hydrogen) atoms. The second kappa shape index (κ2) is 5.51. The van der Waals surface area contributed by atoms with Gasteiger partial charge >= 0.3 is 0 Å². The first kappa shape index (κ1) is 12.9. The normalized spacial score (nSPS) is 10.7. The third-order valence-electron chi connectivity index (χ3n) is 3.35. The van der Waals surface area contributed by atoms with Crippen LogP contribution in [0, 0.1) is 6.92 Å². The topological polar surface area (TPSA) is 17.8 Å². The molecule has 0 N–H and O–H groups in total. The lowest BCUT2D eigenvalue weighted by Gasteiger charge is -2.07. The molecule has 100 valence electrons. The maximum absolute atomic E-state index is 5.86. The second-order valence-electron chi connectivity index (χ2n) is 4.79. The maximum atomic E-state index is 5.86. The summed E-state index contributed by atoms with van der Waals surface area (Å²) in [6, 6.07) is 16.5. The van der Waals surface area contributed by atoms with Crippen LogP contribution in [-0.4, -0.2) is 9.78 Å². The standard InChI is InChI=1S/C17H15ClN2/c1-13-9-14(10-18)7-8-17(13)20-12-16(11-19-20)15-5-3-2-4-6-15/h2-9,11-12H,10H2,1H3. The number of halogens is 1. The van der Waals surface area contributed by atoms with Gasteiger partial charge in [-0.2, -0.15) is 5.10 Å². The van der Waals surface area contributed by atoms with Crippen molar-refractivity contribution in [1.29, 1.82) is 0 Å². The molecule has 1 heterocycles. The highest BCUT2D eigenvalue weighted by molar-refractivity contribution is 6.17. The number of benzene rings is 2. The van der Waals surface area contributed by atoms with Gasteiger partial charge in [0.25, 0.3) is 0 Å². The Kier molecular flexibility index (Phi) is 3.57. The van der Waals surface area contributed by atoms with Crippen molar-refractivity contribution < 1.29 is 0 Å². The van der Waals surface area contributed by atoms with E-state index < -0.39 is 0 Å². The largest absolute Gasteiger partial charge is 0.240 e. The van der Waals surface area contributed by atoms with E-state index in [1.807, 2.05) is 35.1 Å². The molecule has 0 aliphatic heterocycles. The number of aryl methyl sites for hydroxylation is 1. The fourth-order valence-corrected chi connectivity index (χ4v) is 2.46. The molecule has 0 saturated heterocycles. The Morgan fingerprint density at radius 1 is 1.05 bits per heavy atom. The zero-order chi connectivity index (χ0) is 13.9. The summed E-state index contributed by atoms with van der Waals surface area (Å²) in [6.07, 6.45) is 3.95. The third-order valence-corrected chi connectivity index (χ3v) is 3.66. The number of rotatable bonds is 3. The lowest BCUT2D eigenvalue weighted by atomic mass is 10.1. The Morgan fingerprint density at radius 2 is 1.85 bits per heavy atom. The molecule has 0 aliphatic rings. The van der Waals surface area contributed by atoms with Crippen LogP contribution in [0.25, 0.3) is 16.8 Å². The highest BCUT2D eigenvalue weighted by Gasteiger charge is 2.06. The molecule has 0 spiro atoms. The van der Waals surface area contributed by atoms with E-state index in [0.717, 1.165) is 16.8 Å². The van der Waals surface area contributed by atoms with Gasteiger partial charge in [0.1, 0.15) is 0 Å². The number of hydrogen-bond donors (Lipinski definition) is 0. The monoisotopic (exact) mass is 282 g/mol. The summed E-state index contributed by atoms with van der Waals surface area (Å²) in [6.45, 7) is 2.08. The molecule has 0 bridgehead atoms. The van der Waals surface area contributed by atoms with Crippen molar-refractivity contribution in [2.75, 3.05) is 0 Å². The van der Waals surface area contributed by atoms with Crippen LogP contribution >= 0.6 is 11.6 Å². The van der Waals surface area contributed by atoms with E-state index in [0.29, 0.717) is 5.88 Å². The Morgan fingerprint density at radius 3 is 2.55 bits per heavy atom. The van der Waals surface area contributed by atoms with E-state index in [1.54, 1.807) is 0 Å². The first-order valence-electron chi connectivity index (χ1n) is 6.54. The van der Waals surface area contributed by atoms with E-state index in [2.05, 4.69) is 42.5 Å². The van der Waals surface area contributed by atoms with Crippen molar-refractivity contribution in [3.05, 3.63) is 72.1 Å². The van der Waals surface area contributed by atoms with Crippen molar-refractivity contribution in [1.82, 2.24) is 9.78 Å². The predicted octanol–water partition coefficient (Wildman–Crippen LogP) is 4.59. The lowest BCUT2D eigenvalue weighted by molar-refractivity contribution is 0.872. The zero-order valence-corrected chi connectivity index (χ0v) is 12.0. The molecule has 0 aliphatic carbocycles. The van der Waals surface area contributed by atoms with E-state index >= 15 is 0 Å². The van der Waals surface area contributed by atoms with E-state index in [1.165, 1.54) is 11.1 Å². The minimum Gasteiger partial charge on any atom is -0.240 e. The zero-order valence-electron chi connectivity index (χ0n) is 11.3. The van der Waals surface area contributed by atoms with Gasteiger partial charge < -0.3 is 0 Å². The predicted molar refractivity (Wildman–Crippen MR) is 83.3 cm³/mol. The molecule has 0 saturated carbocycles. The summed E-state index contributed by atoms with van der Waals surface area (Å²) in [5.41, 5.74) is 5.68. The SMILES string of the molecule is Cc1cc(CCl)ccc1-n1cc(-c2ccccc2)cn1. The average Bonchev–Trinajstić information content (AvgIpc) is 2.97. The van der Waals surface area contributed by atoms with E-state index in [9.17, 15) is 0 Å². The third kappa shape index (κ3) is 2.47. The molecule has 2 aromatic carbocycles. The highest BCUT2D eigenvalue weighted by atomic mass is 35.5. The van der Waals surface area contributed by atoms with Gasteiger partial charge in [-0.25, -0.2) is 4.68 Å². The number of nitrogens with zero attached hydrogens (tertiary/aromatic N) is 2. The lowest BCUT2D eigenvalue weighted by Crippen LogP contribution is -1.97. The molecule has 0 fully saturated rings. The fourth-order valence-electron chi connectivity index (χ4n) is 2.29. The van der Waals surface area contributed by atoms with Gasteiger partial charge in [-0.15, -0.1) is 11.6 Å². The molecule has 3 heteroatoms. The molecule has 0 amide bonds. The van der Waals surface area contributed by atoms with Crippen LogP contribution in [0.15, 0.2) is 60.9 Å². The fraction of sp³-hybridized carbons (Fsp3) is 0.118. The second-order valence-corrected chi connectivity index (χ2v) is 5.06. The van der Waals surface area contributed by atoms with Crippen molar-refractivity contribution >= 4 is 11.6 Å². The first-order chi connectivity index (χ1) is 9.78. The van der Waals surface area contributed by atoms with Crippen molar-refractivity contribution in [3.63, 3.8) is 0 Å². The van der Waals surface area contributed by atoms with Crippen LogP contribution in [0.4, 0.5) is 0 Å². The number of alkyl halides is 1. The van der Waals surface area contributed by atoms with Crippen molar-refractivity contribution in [3.8, 4) is 16.8 Å². The van der Waals surface area contributed by atoms with Gasteiger partial charge in [0.15, 0.2) is 0 Å². The first-order valence-corrected chi connectivity index (χ1v) is 7.07.